The Bertz CT molecular complexity index is 1170. The van der Waals surface area contributed by atoms with Gasteiger partial charge in [-0.05, 0) is 54.1 Å². The summed E-state index contributed by atoms with van der Waals surface area (Å²) in [6.45, 7) is 0.650. The van der Waals surface area contributed by atoms with E-state index in [9.17, 15) is 8.42 Å². The second-order valence-corrected chi connectivity index (χ2v) is 9.74. The lowest BCUT2D eigenvalue weighted by molar-refractivity contribution is 0.284. The Morgan fingerprint density at radius 2 is 1.68 bits per heavy atom. The lowest BCUT2D eigenvalue weighted by Gasteiger charge is -2.16. The number of sulfonamides is 1. The van der Waals surface area contributed by atoms with Crippen molar-refractivity contribution in [3.8, 4) is 11.5 Å². The summed E-state index contributed by atoms with van der Waals surface area (Å²) in [7, 11) is -2.16. The van der Waals surface area contributed by atoms with Crippen molar-refractivity contribution in [1.82, 2.24) is 0 Å². The number of anilines is 1. The summed E-state index contributed by atoms with van der Waals surface area (Å²) >= 11 is 16.0. The molecular formula is C21H19BrCl2N2O4S. The first-order chi connectivity index (χ1) is 14.7. The minimum absolute atomic E-state index is 0.0565. The van der Waals surface area contributed by atoms with Crippen LogP contribution in [0.3, 0.4) is 0 Å². The van der Waals surface area contributed by atoms with E-state index < -0.39 is 10.0 Å². The summed E-state index contributed by atoms with van der Waals surface area (Å²) < 4.78 is 34.9. The molecule has 10 heteroatoms. The third-order valence-corrected chi connectivity index (χ3v) is 6.81. The van der Waals surface area contributed by atoms with Gasteiger partial charge in [0.25, 0.3) is 0 Å². The van der Waals surface area contributed by atoms with Crippen molar-refractivity contribution in [2.45, 2.75) is 18.0 Å². The van der Waals surface area contributed by atoms with Gasteiger partial charge in [-0.25, -0.2) is 13.6 Å². The standard InChI is InChI=1S/C21H19BrCl2N2O4S/c1-29-20-9-13(11-26-14-5-7-15(8-6-14)31(25,27)28)17(22)10-21(20)30-12-16-18(23)3-2-4-19(16)24/h2-10,26H,11-12H2,1H3,(H2,25,27,28). The molecular weight excluding hydrogens is 527 g/mol. The van der Waals surface area contributed by atoms with Gasteiger partial charge in [0.15, 0.2) is 11.5 Å². The Labute approximate surface area is 199 Å². The van der Waals surface area contributed by atoms with E-state index in [1.165, 1.54) is 12.1 Å². The number of rotatable bonds is 8. The Morgan fingerprint density at radius 1 is 1.03 bits per heavy atom. The molecule has 0 bridgehead atoms. The fourth-order valence-electron chi connectivity index (χ4n) is 2.76. The van der Waals surface area contributed by atoms with E-state index in [4.69, 9.17) is 37.8 Å². The number of benzene rings is 3. The van der Waals surface area contributed by atoms with Crippen LogP contribution in [0, 0.1) is 0 Å². The molecule has 0 fully saturated rings. The highest BCUT2D eigenvalue weighted by Gasteiger charge is 2.13. The van der Waals surface area contributed by atoms with E-state index in [0.29, 0.717) is 33.7 Å². The molecule has 3 aromatic carbocycles. The van der Waals surface area contributed by atoms with E-state index in [1.54, 1.807) is 37.4 Å². The normalized spacial score (nSPS) is 11.3. The molecule has 0 aliphatic heterocycles. The summed E-state index contributed by atoms with van der Waals surface area (Å²) in [5.74, 6) is 1.08. The van der Waals surface area contributed by atoms with Crippen LogP contribution in [0.5, 0.6) is 11.5 Å². The molecule has 0 atom stereocenters. The Hall–Kier alpha value is -1.97. The van der Waals surface area contributed by atoms with Gasteiger partial charge in [-0.15, -0.1) is 0 Å². The summed E-state index contributed by atoms with van der Waals surface area (Å²) in [6, 6.07) is 15.1. The van der Waals surface area contributed by atoms with Crippen molar-refractivity contribution in [3.63, 3.8) is 0 Å². The molecule has 31 heavy (non-hydrogen) atoms. The van der Waals surface area contributed by atoms with Crippen molar-refractivity contribution >= 4 is 54.8 Å². The van der Waals surface area contributed by atoms with Crippen molar-refractivity contribution in [2.24, 2.45) is 5.14 Å². The predicted molar refractivity (Wildman–Crippen MR) is 127 cm³/mol. The highest BCUT2D eigenvalue weighted by molar-refractivity contribution is 9.10. The molecule has 3 N–H and O–H groups in total. The van der Waals surface area contributed by atoms with E-state index in [0.717, 1.165) is 15.7 Å². The van der Waals surface area contributed by atoms with E-state index in [-0.39, 0.29) is 11.5 Å². The Balaban J connectivity index is 1.73. The molecule has 6 nitrogen and oxygen atoms in total. The van der Waals surface area contributed by atoms with Gasteiger partial charge in [-0.3, -0.25) is 0 Å². The van der Waals surface area contributed by atoms with E-state index >= 15 is 0 Å². The lowest BCUT2D eigenvalue weighted by atomic mass is 10.2. The molecule has 0 amide bonds. The maximum atomic E-state index is 11.4. The predicted octanol–water partition coefficient (Wildman–Crippen LogP) is 5.60. The molecule has 164 valence electrons. The average molecular weight is 546 g/mol. The summed E-state index contributed by atoms with van der Waals surface area (Å²) in [5, 5.41) is 9.40. The molecule has 3 rings (SSSR count). The van der Waals surface area contributed by atoms with Crippen molar-refractivity contribution in [2.75, 3.05) is 12.4 Å². The van der Waals surface area contributed by atoms with Crippen molar-refractivity contribution in [3.05, 3.63) is 80.2 Å². The zero-order valence-electron chi connectivity index (χ0n) is 16.4. The number of nitrogens with two attached hydrogens (primary N) is 1. The zero-order chi connectivity index (χ0) is 22.6. The third kappa shape index (κ3) is 6.05. The van der Waals surface area contributed by atoms with Gasteiger partial charge in [0.1, 0.15) is 6.61 Å². The highest BCUT2D eigenvalue weighted by atomic mass is 79.9. The molecule has 0 aliphatic rings. The summed E-state index contributed by atoms with van der Waals surface area (Å²) in [4.78, 5) is 0.0565. The van der Waals surface area contributed by atoms with Crippen LogP contribution in [0.25, 0.3) is 0 Å². The quantitative estimate of drug-likeness (QED) is 0.384. The number of methoxy groups -OCH3 is 1. The topological polar surface area (TPSA) is 90.6 Å². The van der Waals surface area contributed by atoms with Crippen LogP contribution in [0.2, 0.25) is 10.0 Å². The smallest absolute Gasteiger partial charge is 0.238 e. The minimum atomic E-state index is -3.72. The molecule has 0 unspecified atom stereocenters. The number of ether oxygens (including phenoxy) is 2. The fraction of sp³-hybridized carbons (Fsp3) is 0.143. The SMILES string of the molecule is COc1cc(CNc2ccc(S(N)(=O)=O)cc2)c(Br)cc1OCc1c(Cl)cccc1Cl. The van der Waals surface area contributed by atoms with Crippen molar-refractivity contribution in [1.29, 1.82) is 0 Å². The first-order valence-corrected chi connectivity index (χ1v) is 12.1. The molecule has 0 heterocycles. The third-order valence-electron chi connectivity index (χ3n) is 4.43. The monoisotopic (exact) mass is 544 g/mol. The number of halogens is 3. The molecule has 0 aliphatic carbocycles. The Morgan fingerprint density at radius 3 is 2.26 bits per heavy atom. The summed E-state index contributed by atoms with van der Waals surface area (Å²) in [5.41, 5.74) is 2.35. The first kappa shape index (κ1) is 23.7. The second kappa shape index (κ2) is 10.1. The summed E-state index contributed by atoms with van der Waals surface area (Å²) in [6.07, 6.45) is 0. The van der Waals surface area contributed by atoms with Gasteiger partial charge in [0.2, 0.25) is 10.0 Å². The number of hydrogen-bond acceptors (Lipinski definition) is 5. The van der Waals surface area contributed by atoms with Gasteiger partial charge < -0.3 is 14.8 Å². The minimum Gasteiger partial charge on any atom is -0.493 e. The number of primary sulfonamides is 1. The highest BCUT2D eigenvalue weighted by Crippen LogP contribution is 2.35. The van der Waals surface area contributed by atoms with Gasteiger partial charge >= 0.3 is 0 Å². The molecule has 3 aromatic rings. The average Bonchev–Trinajstić information content (AvgIpc) is 2.72. The zero-order valence-corrected chi connectivity index (χ0v) is 20.3. The maximum absolute atomic E-state index is 11.4. The number of nitrogens with one attached hydrogen (secondary N) is 1. The van der Waals surface area contributed by atoms with E-state index in [2.05, 4.69) is 21.2 Å². The fourth-order valence-corrected chi connectivity index (χ4v) is 4.25. The van der Waals surface area contributed by atoms with Crippen LogP contribution >= 0.6 is 39.1 Å². The van der Waals surface area contributed by atoms with Gasteiger partial charge in [0.05, 0.1) is 12.0 Å². The molecule has 0 saturated carbocycles. The van der Waals surface area contributed by atoms with Gasteiger partial charge in [0, 0.05) is 32.3 Å². The van der Waals surface area contributed by atoms with E-state index in [1.807, 2.05) is 12.1 Å². The molecule has 0 spiro atoms. The van der Waals surface area contributed by atoms with Crippen LogP contribution < -0.4 is 19.9 Å². The van der Waals surface area contributed by atoms with Crippen LogP contribution in [0.15, 0.2) is 64.0 Å². The van der Waals surface area contributed by atoms with Gasteiger partial charge in [-0.1, -0.05) is 45.2 Å². The molecule has 0 aromatic heterocycles. The lowest BCUT2D eigenvalue weighted by Crippen LogP contribution is -2.12. The maximum Gasteiger partial charge on any atom is 0.238 e. The first-order valence-electron chi connectivity index (χ1n) is 8.98. The van der Waals surface area contributed by atoms with Crippen LogP contribution in [0.1, 0.15) is 11.1 Å². The van der Waals surface area contributed by atoms with Crippen LogP contribution in [-0.2, 0) is 23.2 Å². The Kier molecular flexibility index (Phi) is 7.72. The largest absolute Gasteiger partial charge is 0.493 e. The van der Waals surface area contributed by atoms with Crippen LogP contribution in [0.4, 0.5) is 5.69 Å². The van der Waals surface area contributed by atoms with Crippen LogP contribution in [-0.4, -0.2) is 15.5 Å². The molecule has 0 saturated heterocycles. The van der Waals surface area contributed by atoms with Crippen molar-refractivity contribution < 1.29 is 17.9 Å². The number of hydrogen-bond donors (Lipinski definition) is 2. The molecule has 0 radical (unpaired) electrons. The second-order valence-electron chi connectivity index (χ2n) is 6.51. The van der Waals surface area contributed by atoms with Gasteiger partial charge in [-0.2, -0.15) is 0 Å².